The fraction of sp³-hybridized carbons (Fsp3) is 0.350. The molecule has 0 fully saturated rings. The van der Waals surface area contributed by atoms with Crippen molar-refractivity contribution in [3.05, 3.63) is 63.1 Å². The first-order valence-corrected chi connectivity index (χ1v) is 8.88. The van der Waals surface area contributed by atoms with Gasteiger partial charge in [0, 0.05) is 25.7 Å². The Morgan fingerprint density at radius 3 is 2.41 bits per heavy atom. The van der Waals surface area contributed by atoms with Crippen molar-refractivity contribution in [1.82, 2.24) is 14.4 Å². The standard InChI is InChI=1S/C20H21N3O4/c1-20(2)21(3)18(26)15-13-9-10-22(11-12-7-5-4-6-8-12)17(25)14(13)16(24)19(27)23(15)20/h4-8,24H,9-11H2,1-3H3. The number of fused-ring (bicyclic) bond motifs is 3. The van der Waals surface area contributed by atoms with Crippen molar-refractivity contribution in [3.63, 3.8) is 0 Å². The summed E-state index contributed by atoms with van der Waals surface area (Å²) in [7, 11) is 1.62. The SMILES string of the molecule is CN1C(=O)c2c3c(c(O)c(=O)n2C1(C)C)C(=O)N(Cc1ccccc1)CC3. The van der Waals surface area contributed by atoms with Crippen LogP contribution in [0.3, 0.4) is 0 Å². The van der Waals surface area contributed by atoms with Crippen molar-refractivity contribution < 1.29 is 14.7 Å². The lowest BCUT2D eigenvalue weighted by molar-refractivity contribution is 0.0605. The summed E-state index contributed by atoms with van der Waals surface area (Å²) in [4.78, 5) is 41.7. The molecule has 1 aromatic heterocycles. The first-order chi connectivity index (χ1) is 12.7. The van der Waals surface area contributed by atoms with Crippen LogP contribution in [0.5, 0.6) is 5.75 Å². The first-order valence-electron chi connectivity index (χ1n) is 8.88. The molecular formula is C20H21N3O4. The Balaban J connectivity index is 1.84. The minimum absolute atomic E-state index is 0.0344. The van der Waals surface area contributed by atoms with Crippen molar-refractivity contribution in [2.24, 2.45) is 0 Å². The Labute approximate surface area is 156 Å². The number of nitrogens with zero attached hydrogens (tertiary/aromatic N) is 3. The van der Waals surface area contributed by atoms with Crippen LogP contribution in [0.1, 0.15) is 45.8 Å². The van der Waals surface area contributed by atoms with Gasteiger partial charge in [0.05, 0.1) is 5.56 Å². The van der Waals surface area contributed by atoms with Crippen LogP contribution in [0.15, 0.2) is 35.1 Å². The van der Waals surface area contributed by atoms with Crippen molar-refractivity contribution in [3.8, 4) is 5.75 Å². The van der Waals surface area contributed by atoms with Crippen molar-refractivity contribution >= 4 is 11.8 Å². The average Bonchev–Trinajstić information content (AvgIpc) is 2.82. The van der Waals surface area contributed by atoms with E-state index in [-0.39, 0.29) is 17.2 Å². The Hall–Kier alpha value is -3.09. The Bertz CT molecular complexity index is 1020. The molecule has 0 saturated heterocycles. The maximum atomic E-state index is 13.0. The maximum absolute atomic E-state index is 13.0. The van der Waals surface area contributed by atoms with E-state index < -0.39 is 22.9 Å². The first kappa shape index (κ1) is 17.3. The number of amides is 2. The lowest BCUT2D eigenvalue weighted by Crippen LogP contribution is -2.44. The summed E-state index contributed by atoms with van der Waals surface area (Å²) in [6.07, 6.45) is 0.409. The van der Waals surface area contributed by atoms with Gasteiger partial charge in [-0.3, -0.25) is 19.0 Å². The van der Waals surface area contributed by atoms with E-state index in [2.05, 4.69) is 0 Å². The van der Waals surface area contributed by atoms with Crippen LogP contribution in [0.2, 0.25) is 0 Å². The molecule has 7 heteroatoms. The molecule has 0 radical (unpaired) electrons. The third-order valence-corrected chi connectivity index (χ3v) is 5.68. The van der Waals surface area contributed by atoms with Gasteiger partial charge < -0.3 is 14.9 Å². The third kappa shape index (κ3) is 2.31. The molecule has 1 aromatic carbocycles. The predicted molar refractivity (Wildman–Crippen MR) is 98.7 cm³/mol. The van der Waals surface area contributed by atoms with Gasteiger partial charge in [0.1, 0.15) is 11.4 Å². The molecule has 7 nitrogen and oxygen atoms in total. The number of rotatable bonds is 2. The summed E-state index contributed by atoms with van der Waals surface area (Å²) in [5.74, 6) is -1.30. The second kappa shape index (κ2) is 5.70. The number of hydrogen-bond acceptors (Lipinski definition) is 4. The third-order valence-electron chi connectivity index (χ3n) is 5.68. The number of pyridine rings is 1. The minimum atomic E-state index is -0.903. The van der Waals surface area contributed by atoms with E-state index in [1.54, 1.807) is 25.8 Å². The van der Waals surface area contributed by atoms with Crippen molar-refractivity contribution in [2.45, 2.75) is 32.5 Å². The zero-order valence-electron chi connectivity index (χ0n) is 15.5. The molecule has 0 bridgehead atoms. The molecule has 0 saturated carbocycles. The summed E-state index contributed by atoms with van der Waals surface area (Å²) in [6, 6.07) is 9.52. The number of carbonyl (C=O) groups excluding carboxylic acids is 2. The molecule has 1 N–H and O–H groups in total. The Morgan fingerprint density at radius 2 is 1.74 bits per heavy atom. The van der Waals surface area contributed by atoms with Crippen molar-refractivity contribution in [2.75, 3.05) is 13.6 Å². The molecule has 2 aliphatic heterocycles. The summed E-state index contributed by atoms with van der Waals surface area (Å²) >= 11 is 0. The molecule has 0 aliphatic carbocycles. The highest BCUT2D eigenvalue weighted by molar-refractivity contribution is 6.04. The van der Waals surface area contributed by atoms with Gasteiger partial charge in [-0.05, 0) is 25.8 Å². The molecule has 2 aromatic rings. The van der Waals surface area contributed by atoms with Crippen LogP contribution < -0.4 is 5.56 Å². The topological polar surface area (TPSA) is 82.9 Å². The van der Waals surface area contributed by atoms with E-state index in [0.717, 1.165) is 5.56 Å². The van der Waals surface area contributed by atoms with E-state index in [4.69, 9.17) is 0 Å². The number of hydrogen-bond donors (Lipinski definition) is 1. The zero-order valence-corrected chi connectivity index (χ0v) is 15.5. The van der Waals surface area contributed by atoms with Gasteiger partial charge in [-0.2, -0.15) is 0 Å². The highest BCUT2D eigenvalue weighted by Crippen LogP contribution is 2.36. The zero-order chi connectivity index (χ0) is 19.5. The van der Waals surface area contributed by atoms with Crippen LogP contribution in [0.25, 0.3) is 0 Å². The molecule has 2 amide bonds. The van der Waals surface area contributed by atoms with Gasteiger partial charge in [0.2, 0.25) is 0 Å². The van der Waals surface area contributed by atoms with Gasteiger partial charge in [0.15, 0.2) is 5.75 Å². The lowest BCUT2D eigenvalue weighted by atomic mass is 9.95. The maximum Gasteiger partial charge on any atom is 0.296 e. The van der Waals surface area contributed by atoms with Gasteiger partial charge in [0.25, 0.3) is 17.4 Å². The molecule has 27 heavy (non-hydrogen) atoms. The summed E-state index contributed by atoms with van der Waals surface area (Å²) < 4.78 is 1.31. The van der Waals surface area contributed by atoms with E-state index >= 15 is 0 Å². The summed E-state index contributed by atoms with van der Waals surface area (Å²) in [5.41, 5.74) is -0.00467. The Morgan fingerprint density at radius 1 is 1.07 bits per heavy atom. The smallest absolute Gasteiger partial charge is 0.296 e. The van der Waals surface area contributed by atoms with E-state index in [9.17, 15) is 19.5 Å². The highest BCUT2D eigenvalue weighted by atomic mass is 16.3. The predicted octanol–water partition coefficient (Wildman–Crippen LogP) is 1.53. The van der Waals surface area contributed by atoms with E-state index in [0.29, 0.717) is 25.1 Å². The molecule has 0 unspecified atom stereocenters. The van der Waals surface area contributed by atoms with Crippen LogP contribution in [0, 0.1) is 0 Å². The second-order valence-electron chi connectivity index (χ2n) is 7.51. The number of aromatic nitrogens is 1. The average molecular weight is 367 g/mol. The van der Waals surface area contributed by atoms with Crippen LogP contribution in [-0.2, 0) is 18.6 Å². The van der Waals surface area contributed by atoms with Crippen molar-refractivity contribution in [1.29, 1.82) is 0 Å². The van der Waals surface area contributed by atoms with Gasteiger partial charge in [-0.15, -0.1) is 0 Å². The molecule has 4 rings (SSSR count). The molecule has 3 heterocycles. The lowest BCUT2D eigenvalue weighted by Gasteiger charge is -2.31. The Kier molecular flexibility index (Phi) is 3.66. The largest absolute Gasteiger partial charge is 0.502 e. The highest BCUT2D eigenvalue weighted by Gasteiger charge is 2.46. The fourth-order valence-corrected chi connectivity index (χ4v) is 3.95. The summed E-state index contributed by atoms with van der Waals surface area (Å²) in [6.45, 7) is 4.28. The summed E-state index contributed by atoms with van der Waals surface area (Å²) in [5, 5.41) is 10.6. The monoisotopic (exact) mass is 367 g/mol. The molecular weight excluding hydrogens is 346 g/mol. The fourth-order valence-electron chi connectivity index (χ4n) is 3.95. The van der Waals surface area contributed by atoms with Gasteiger partial charge in [-0.1, -0.05) is 30.3 Å². The molecule has 2 aliphatic rings. The molecule has 0 atom stereocenters. The normalized spacial score (nSPS) is 17.9. The van der Waals surface area contributed by atoms with Crippen LogP contribution in [-0.4, -0.2) is 44.9 Å². The van der Waals surface area contributed by atoms with Crippen LogP contribution in [0.4, 0.5) is 0 Å². The number of aromatic hydroxyl groups is 1. The second-order valence-corrected chi connectivity index (χ2v) is 7.51. The quantitative estimate of drug-likeness (QED) is 0.873. The van der Waals surface area contributed by atoms with Crippen LogP contribution >= 0.6 is 0 Å². The van der Waals surface area contributed by atoms with E-state index in [1.165, 1.54) is 9.47 Å². The van der Waals surface area contributed by atoms with Gasteiger partial charge in [-0.25, -0.2) is 0 Å². The molecule has 140 valence electrons. The van der Waals surface area contributed by atoms with Gasteiger partial charge >= 0.3 is 0 Å². The van der Waals surface area contributed by atoms with E-state index in [1.807, 2.05) is 30.3 Å². The molecule has 0 spiro atoms. The minimum Gasteiger partial charge on any atom is -0.502 e. The number of benzene rings is 1. The number of carbonyl (C=O) groups is 2.